The third-order valence-electron chi connectivity index (χ3n) is 2.49. The van der Waals surface area contributed by atoms with E-state index in [4.69, 9.17) is 5.11 Å². The summed E-state index contributed by atoms with van der Waals surface area (Å²) in [7, 11) is 0. The monoisotopic (exact) mass is 328 g/mol. The second-order valence-corrected chi connectivity index (χ2v) is 6.19. The number of nitrogens with one attached hydrogen (secondary N) is 1. The van der Waals surface area contributed by atoms with E-state index in [9.17, 15) is 14.4 Å². The standard InChI is InChI=1S/C11H12N4O4S2/c1-6-2-9(17)15-11(13-6)21-8(14-15)4-20-3-7(10(18)19)12-5-16/h2,5,7H,3-4H2,1H3,(H,12,16)(H,18,19). The van der Waals surface area contributed by atoms with Gasteiger partial charge in [-0.1, -0.05) is 11.3 Å². The van der Waals surface area contributed by atoms with Gasteiger partial charge in [0.2, 0.25) is 11.4 Å². The van der Waals surface area contributed by atoms with Crippen LogP contribution in [0.2, 0.25) is 0 Å². The number of carbonyl (C=O) groups is 2. The number of rotatable bonds is 7. The van der Waals surface area contributed by atoms with E-state index in [0.717, 1.165) is 0 Å². The van der Waals surface area contributed by atoms with Crippen LogP contribution in [0.5, 0.6) is 0 Å². The summed E-state index contributed by atoms with van der Waals surface area (Å²) in [5, 5.41) is 15.9. The van der Waals surface area contributed by atoms with Gasteiger partial charge in [-0.2, -0.15) is 21.4 Å². The molecule has 0 spiro atoms. The van der Waals surface area contributed by atoms with Gasteiger partial charge in [0.25, 0.3) is 5.56 Å². The Morgan fingerprint density at radius 2 is 2.43 bits per heavy atom. The largest absolute Gasteiger partial charge is 0.480 e. The van der Waals surface area contributed by atoms with Gasteiger partial charge in [-0.25, -0.2) is 9.78 Å². The molecule has 2 rings (SSSR count). The zero-order valence-electron chi connectivity index (χ0n) is 11.0. The molecule has 0 saturated heterocycles. The highest BCUT2D eigenvalue weighted by atomic mass is 32.2. The van der Waals surface area contributed by atoms with Crippen molar-refractivity contribution in [2.75, 3.05) is 5.75 Å². The molecule has 8 nitrogen and oxygen atoms in total. The van der Waals surface area contributed by atoms with Gasteiger partial charge >= 0.3 is 5.97 Å². The molecule has 0 radical (unpaired) electrons. The second kappa shape index (κ2) is 6.68. The minimum atomic E-state index is -1.09. The predicted molar refractivity (Wildman–Crippen MR) is 78.7 cm³/mol. The number of hydrogen-bond donors (Lipinski definition) is 2. The number of aryl methyl sites for hydroxylation is 1. The minimum Gasteiger partial charge on any atom is -0.480 e. The first-order valence-corrected chi connectivity index (χ1v) is 7.85. The smallest absolute Gasteiger partial charge is 0.327 e. The molecule has 0 bridgehead atoms. The molecule has 1 amide bonds. The highest BCUT2D eigenvalue weighted by molar-refractivity contribution is 7.98. The number of thioether (sulfide) groups is 1. The number of carboxylic acid groups (broad SMARTS) is 1. The van der Waals surface area contributed by atoms with Crippen LogP contribution in [-0.2, 0) is 15.3 Å². The van der Waals surface area contributed by atoms with Crippen molar-refractivity contribution < 1.29 is 14.7 Å². The van der Waals surface area contributed by atoms with E-state index in [2.05, 4.69) is 15.4 Å². The van der Waals surface area contributed by atoms with Gasteiger partial charge < -0.3 is 10.4 Å². The summed E-state index contributed by atoms with van der Waals surface area (Å²) >= 11 is 2.59. The molecule has 0 aliphatic heterocycles. The Morgan fingerprint density at radius 1 is 1.67 bits per heavy atom. The number of amides is 1. The van der Waals surface area contributed by atoms with Crippen molar-refractivity contribution in [3.8, 4) is 0 Å². The van der Waals surface area contributed by atoms with E-state index in [1.807, 2.05) is 0 Å². The van der Waals surface area contributed by atoms with Crippen LogP contribution in [0.3, 0.4) is 0 Å². The number of aliphatic carboxylic acids is 1. The van der Waals surface area contributed by atoms with Crippen LogP contribution >= 0.6 is 23.1 Å². The maximum absolute atomic E-state index is 11.7. The van der Waals surface area contributed by atoms with Crippen LogP contribution in [0.15, 0.2) is 10.9 Å². The van der Waals surface area contributed by atoms with Crippen LogP contribution in [0.25, 0.3) is 4.96 Å². The molecule has 1 atom stereocenters. The maximum atomic E-state index is 11.7. The average Bonchev–Trinajstić information content (AvgIpc) is 2.80. The minimum absolute atomic E-state index is 0.214. The first-order valence-electron chi connectivity index (χ1n) is 5.88. The molecule has 112 valence electrons. The SMILES string of the molecule is Cc1cc(=O)n2nc(CSCC(NC=O)C(=O)O)sc2n1. The molecule has 2 heterocycles. The van der Waals surface area contributed by atoms with Gasteiger partial charge in [-0.15, -0.1) is 0 Å². The zero-order valence-corrected chi connectivity index (χ0v) is 12.6. The molecule has 21 heavy (non-hydrogen) atoms. The average molecular weight is 328 g/mol. The van der Waals surface area contributed by atoms with Gasteiger partial charge in [0.15, 0.2) is 0 Å². The highest BCUT2D eigenvalue weighted by Crippen LogP contribution is 2.18. The van der Waals surface area contributed by atoms with Crippen molar-refractivity contribution in [3.05, 3.63) is 27.1 Å². The summed E-state index contributed by atoms with van der Waals surface area (Å²) in [6.45, 7) is 1.73. The normalized spacial score (nSPS) is 12.2. The highest BCUT2D eigenvalue weighted by Gasteiger charge is 2.16. The first-order chi connectivity index (χ1) is 10.0. The Morgan fingerprint density at radius 3 is 3.10 bits per heavy atom. The number of aromatic nitrogens is 3. The third kappa shape index (κ3) is 3.79. The molecule has 1 unspecified atom stereocenters. The van der Waals surface area contributed by atoms with Crippen molar-refractivity contribution in [1.29, 1.82) is 0 Å². The molecule has 0 aliphatic carbocycles. The van der Waals surface area contributed by atoms with Crippen LogP contribution in [-0.4, -0.2) is 43.9 Å². The fraction of sp³-hybridized carbons (Fsp3) is 0.364. The fourth-order valence-corrected chi connectivity index (χ4v) is 3.61. The molecule has 0 fully saturated rings. The van der Waals surface area contributed by atoms with E-state index < -0.39 is 12.0 Å². The van der Waals surface area contributed by atoms with Gasteiger partial charge in [-0.3, -0.25) is 9.59 Å². The van der Waals surface area contributed by atoms with Crippen molar-refractivity contribution in [2.24, 2.45) is 0 Å². The Hall–Kier alpha value is -1.94. The first kappa shape index (κ1) is 15.4. The molecule has 0 saturated carbocycles. The van der Waals surface area contributed by atoms with Gasteiger partial charge in [0, 0.05) is 23.3 Å². The van der Waals surface area contributed by atoms with Crippen molar-refractivity contribution >= 4 is 40.4 Å². The number of nitrogens with zero attached hydrogens (tertiary/aromatic N) is 3. The van der Waals surface area contributed by atoms with E-state index in [-0.39, 0.29) is 11.3 Å². The van der Waals surface area contributed by atoms with Crippen molar-refractivity contribution in [2.45, 2.75) is 18.7 Å². The Kier molecular flexibility index (Phi) is 4.91. The van der Waals surface area contributed by atoms with E-state index in [1.165, 1.54) is 33.7 Å². The predicted octanol–water partition coefficient (Wildman–Crippen LogP) is -0.108. The Bertz CT molecular complexity index is 727. The van der Waals surface area contributed by atoms with Crippen molar-refractivity contribution in [3.63, 3.8) is 0 Å². The molecule has 0 aromatic carbocycles. The Balaban J connectivity index is 2.04. The molecule has 2 aromatic rings. The van der Waals surface area contributed by atoms with Crippen molar-refractivity contribution in [1.82, 2.24) is 19.9 Å². The lowest BCUT2D eigenvalue weighted by molar-refractivity contribution is -0.139. The summed E-state index contributed by atoms with van der Waals surface area (Å²) < 4.78 is 1.23. The number of fused-ring (bicyclic) bond motifs is 1. The van der Waals surface area contributed by atoms with Crippen LogP contribution in [0.4, 0.5) is 0 Å². The summed E-state index contributed by atoms with van der Waals surface area (Å²) in [4.78, 5) is 37.6. The topological polar surface area (TPSA) is 114 Å². The maximum Gasteiger partial charge on any atom is 0.327 e. The van der Waals surface area contributed by atoms with E-state index >= 15 is 0 Å². The second-order valence-electron chi connectivity index (χ2n) is 4.12. The summed E-state index contributed by atoms with van der Waals surface area (Å²) in [5.41, 5.74) is 0.389. The Labute approximate surface area is 127 Å². The summed E-state index contributed by atoms with van der Waals surface area (Å²) in [5.74, 6) is -0.435. The molecular weight excluding hydrogens is 316 g/mol. The lowest BCUT2D eigenvalue weighted by atomic mass is 10.3. The quantitative estimate of drug-likeness (QED) is 0.682. The molecule has 2 N–H and O–H groups in total. The lowest BCUT2D eigenvalue weighted by Gasteiger charge is -2.09. The molecule has 0 aliphatic rings. The zero-order chi connectivity index (χ0) is 15.4. The van der Waals surface area contributed by atoms with Crippen LogP contribution in [0, 0.1) is 6.92 Å². The molecule has 10 heteroatoms. The lowest BCUT2D eigenvalue weighted by Crippen LogP contribution is -2.37. The van der Waals surface area contributed by atoms with E-state index in [0.29, 0.717) is 27.8 Å². The van der Waals surface area contributed by atoms with Gasteiger partial charge in [-0.05, 0) is 6.92 Å². The van der Waals surface area contributed by atoms with Gasteiger partial charge in [0.05, 0.1) is 0 Å². The summed E-state index contributed by atoms with van der Waals surface area (Å²) in [6, 6.07) is 0.461. The molecule has 2 aromatic heterocycles. The van der Waals surface area contributed by atoms with Gasteiger partial charge in [0.1, 0.15) is 11.0 Å². The van der Waals surface area contributed by atoms with Crippen LogP contribution in [0.1, 0.15) is 10.7 Å². The number of carbonyl (C=O) groups excluding carboxylic acids is 1. The fourth-order valence-electron chi connectivity index (χ4n) is 1.56. The molecular formula is C11H12N4O4S2. The van der Waals surface area contributed by atoms with Crippen LogP contribution < -0.4 is 10.9 Å². The summed E-state index contributed by atoms with van der Waals surface area (Å²) in [6.07, 6.45) is 0.364. The number of carboxylic acids is 1. The third-order valence-corrected chi connectivity index (χ3v) is 4.63. The number of hydrogen-bond acceptors (Lipinski definition) is 7. The van der Waals surface area contributed by atoms with E-state index in [1.54, 1.807) is 6.92 Å².